The number of anilines is 1. The first-order chi connectivity index (χ1) is 18.0. The Morgan fingerprint density at radius 3 is 2.43 bits per heavy atom. The molecular weight excluding hydrogens is 470 g/mol. The number of benzene rings is 2. The molecule has 4 rings (SSSR count). The van der Waals surface area contributed by atoms with Crippen LogP contribution in [-0.4, -0.2) is 64.3 Å². The van der Waals surface area contributed by atoms with Gasteiger partial charge in [0, 0.05) is 45.6 Å². The number of piperidine rings is 1. The smallest absolute Gasteiger partial charge is 0.228 e. The number of hydrogen-bond acceptors (Lipinski definition) is 6. The Morgan fingerprint density at radius 1 is 0.919 bits per heavy atom. The number of rotatable bonds is 11. The molecule has 2 aromatic rings. The Morgan fingerprint density at radius 2 is 1.68 bits per heavy atom. The van der Waals surface area contributed by atoms with Gasteiger partial charge in [-0.3, -0.25) is 14.5 Å². The third kappa shape index (κ3) is 7.02. The molecule has 1 heterocycles. The van der Waals surface area contributed by atoms with E-state index in [2.05, 4.69) is 27.7 Å². The Hall–Kier alpha value is -3.10. The van der Waals surface area contributed by atoms with E-state index < -0.39 is 0 Å². The quantitative estimate of drug-likeness (QED) is 0.452. The van der Waals surface area contributed by atoms with Crippen molar-refractivity contribution in [3.63, 3.8) is 0 Å². The fraction of sp³-hybridized carbons (Fsp3) is 0.517. The standard InChI is InChI=1S/C29H39N3O5/c1-35-13-5-12-30-28(33)23-15-24(29(34)31-25-10-9-21-6-4-7-22(21)16-25)19-32(18-23)17-20-8-11-26(36-2)27(14-20)37-3/h8-11,14,16,23-24H,4-7,12-13,15,17-19H2,1-3H3,(H,30,33)(H,31,34)/t23-,24+/m0/s1. The highest BCUT2D eigenvalue weighted by molar-refractivity contribution is 5.93. The number of methoxy groups -OCH3 is 3. The van der Waals surface area contributed by atoms with Gasteiger partial charge in [0.25, 0.3) is 0 Å². The third-order valence-corrected chi connectivity index (χ3v) is 7.31. The monoisotopic (exact) mass is 509 g/mol. The minimum atomic E-state index is -0.295. The Kier molecular flexibility index (Phi) is 9.41. The number of hydrogen-bond donors (Lipinski definition) is 2. The zero-order chi connectivity index (χ0) is 26.2. The van der Waals surface area contributed by atoms with Crippen molar-refractivity contribution in [3.05, 3.63) is 53.1 Å². The van der Waals surface area contributed by atoms with Crippen molar-refractivity contribution in [1.82, 2.24) is 10.2 Å². The molecule has 0 radical (unpaired) electrons. The summed E-state index contributed by atoms with van der Waals surface area (Å²) in [6, 6.07) is 12.0. The van der Waals surface area contributed by atoms with E-state index in [1.54, 1.807) is 21.3 Å². The SMILES string of the molecule is COCCCNC(=O)[C@H]1C[C@@H](C(=O)Nc2ccc3c(c2)CCC3)CN(Cc2ccc(OC)c(OC)c2)C1. The molecule has 0 unspecified atom stereocenters. The summed E-state index contributed by atoms with van der Waals surface area (Å²) in [6.07, 6.45) is 4.62. The van der Waals surface area contributed by atoms with E-state index in [1.807, 2.05) is 24.3 Å². The maximum Gasteiger partial charge on any atom is 0.228 e. The summed E-state index contributed by atoms with van der Waals surface area (Å²) in [7, 11) is 4.88. The Bertz CT molecular complexity index is 1090. The lowest BCUT2D eigenvalue weighted by molar-refractivity contribution is -0.130. The van der Waals surface area contributed by atoms with Gasteiger partial charge in [0.05, 0.1) is 26.1 Å². The summed E-state index contributed by atoms with van der Waals surface area (Å²) in [6.45, 7) is 2.94. The molecule has 8 nitrogen and oxygen atoms in total. The summed E-state index contributed by atoms with van der Waals surface area (Å²) < 4.78 is 15.9. The molecule has 0 spiro atoms. The van der Waals surface area contributed by atoms with Crippen LogP contribution < -0.4 is 20.1 Å². The number of aryl methyl sites for hydroxylation is 2. The summed E-state index contributed by atoms with van der Waals surface area (Å²) in [5.74, 6) is 0.722. The largest absolute Gasteiger partial charge is 0.493 e. The van der Waals surface area contributed by atoms with E-state index >= 15 is 0 Å². The summed E-state index contributed by atoms with van der Waals surface area (Å²) >= 11 is 0. The number of nitrogens with one attached hydrogen (secondary N) is 2. The number of nitrogens with zero attached hydrogens (tertiary/aromatic N) is 1. The number of likely N-dealkylation sites (tertiary alicyclic amines) is 1. The lowest BCUT2D eigenvalue weighted by Gasteiger charge is -2.36. The van der Waals surface area contributed by atoms with Crippen molar-refractivity contribution < 1.29 is 23.8 Å². The highest BCUT2D eigenvalue weighted by Crippen LogP contribution is 2.31. The molecule has 1 aliphatic carbocycles. The molecule has 2 aromatic carbocycles. The summed E-state index contributed by atoms with van der Waals surface area (Å²) in [5.41, 5.74) is 4.58. The molecule has 2 amide bonds. The van der Waals surface area contributed by atoms with E-state index in [4.69, 9.17) is 14.2 Å². The first-order valence-corrected chi connectivity index (χ1v) is 13.1. The van der Waals surface area contributed by atoms with Gasteiger partial charge >= 0.3 is 0 Å². The second-order valence-corrected chi connectivity index (χ2v) is 9.98. The van der Waals surface area contributed by atoms with Crippen molar-refractivity contribution in [3.8, 4) is 11.5 Å². The summed E-state index contributed by atoms with van der Waals surface area (Å²) in [4.78, 5) is 28.6. The van der Waals surface area contributed by atoms with Crippen LogP contribution in [0.2, 0.25) is 0 Å². The predicted molar refractivity (Wildman–Crippen MR) is 143 cm³/mol. The molecule has 0 bridgehead atoms. The highest BCUT2D eigenvalue weighted by atomic mass is 16.5. The van der Waals surface area contributed by atoms with Crippen LogP contribution in [-0.2, 0) is 33.7 Å². The molecule has 0 aromatic heterocycles. The minimum Gasteiger partial charge on any atom is -0.493 e. The normalized spacial score (nSPS) is 19.2. The van der Waals surface area contributed by atoms with Crippen LogP contribution >= 0.6 is 0 Å². The Labute approximate surface area is 219 Å². The van der Waals surface area contributed by atoms with Crippen molar-refractivity contribution in [2.24, 2.45) is 11.8 Å². The molecule has 1 saturated heterocycles. The van der Waals surface area contributed by atoms with Gasteiger partial charge in [-0.25, -0.2) is 0 Å². The number of amides is 2. The van der Waals surface area contributed by atoms with Crippen LogP contribution in [0.25, 0.3) is 0 Å². The molecule has 37 heavy (non-hydrogen) atoms. The van der Waals surface area contributed by atoms with Gasteiger partial charge in [-0.1, -0.05) is 12.1 Å². The first-order valence-electron chi connectivity index (χ1n) is 13.1. The predicted octanol–water partition coefficient (Wildman–Crippen LogP) is 3.42. The first kappa shape index (κ1) is 26.9. The molecule has 200 valence electrons. The molecule has 2 atom stereocenters. The fourth-order valence-corrected chi connectivity index (χ4v) is 5.40. The molecule has 1 aliphatic heterocycles. The van der Waals surface area contributed by atoms with Gasteiger partial charge in [0.1, 0.15) is 0 Å². The van der Waals surface area contributed by atoms with Crippen LogP contribution in [0.15, 0.2) is 36.4 Å². The molecule has 2 N–H and O–H groups in total. The van der Waals surface area contributed by atoms with E-state index in [0.717, 1.165) is 30.5 Å². The zero-order valence-corrected chi connectivity index (χ0v) is 22.2. The second kappa shape index (κ2) is 12.9. The van der Waals surface area contributed by atoms with Gasteiger partial charge in [-0.15, -0.1) is 0 Å². The van der Waals surface area contributed by atoms with Gasteiger partial charge < -0.3 is 24.8 Å². The lowest BCUT2D eigenvalue weighted by atomic mass is 9.87. The fourth-order valence-electron chi connectivity index (χ4n) is 5.40. The number of ether oxygens (including phenoxy) is 3. The van der Waals surface area contributed by atoms with E-state index in [9.17, 15) is 9.59 Å². The second-order valence-electron chi connectivity index (χ2n) is 9.98. The van der Waals surface area contributed by atoms with E-state index in [-0.39, 0.29) is 23.7 Å². The minimum absolute atomic E-state index is 0.0107. The van der Waals surface area contributed by atoms with Crippen molar-refractivity contribution >= 4 is 17.5 Å². The maximum absolute atomic E-state index is 13.4. The maximum atomic E-state index is 13.4. The van der Waals surface area contributed by atoms with Crippen LogP contribution in [0.3, 0.4) is 0 Å². The Balaban J connectivity index is 1.46. The van der Waals surface area contributed by atoms with E-state index in [0.29, 0.717) is 50.7 Å². The van der Waals surface area contributed by atoms with Crippen LogP contribution in [0, 0.1) is 11.8 Å². The average Bonchev–Trinajstić information content (AvgIpc) is 3.38. The molecule has 8 heteroatoms. The van der Waals surface area contributed by atoms with Crippen LogP contribution in [0.4, 0.5) is 5.69 Å². The van der Waals surface area contributed by atoms with E-state index in [1.165, 1.54) is 17.5 Å². The third-order valence-electron chi connectivity index (χ3n) is 7.31. The van der Waals surface area contributed by atoms with Crippen LogP contribution in [0.1, 0.15) is 36.0 Å². The van der Waals surface area contributed by atoms with Gasteiger partial charge in [-0.2, -0.15) is 0 Å². The number of carbonyl (C=O) groups excluding carboxylic acids is 2. The van der Waals surface area contributed by atoms with Gasteiger partial charge in [-0.05, 0) is 73.1 Å². The van der Waals surface area contributed by atoms with Crippen molar-refractivity contribution in [2.75, 3.05) is 52.9 Å². The molecule has 0 saturated carbocycles. The van der Waals surface area contributed by atoms with Gasteiger partial charge in [0.2, 0.25) is 11.8 Å². The summed E-state index contributed by atoms with van der Waals surface area (Å²) in [5, 5.41) is 6.16. The van der Waals surface area contributed by atoms with Crippen molar-refractivity contribution in [1.29, 1.82) is 0 Å². The molecule has 2 aliphatic rings. The van der Waals surface area contributed by atoms with Crippen LogP contribution in [0.5, 0.6) is 11.5 Å². The van der Waals surface area contributed by atoms with Gasteiger partial charge in [0.15, 0.2) is 11.5 Å². The molecule has 1 fully saturated rings. The topological polar surface area (TPSA) is 89.1 Å². The lowest BCUT2D eigenvalue weighted by Crippen LogP contribution is -2.49. The zero-order valence-electron chi connectivity index (χ0n) is 22.2. The highest BCUT2D eigenvalue weighted by Gasteiger charge is 2.35. The average molecular weight is 510 g/mol. The molecular formula is C29H39N3O5. The number of fused-ring (bicyclic) bond motifs is 1. The number of carbonyl (C=O) groups is 2. The van der Waals surface area contributed by atoms with Crippen molar-refractivity contribution in [2.45, 2.75) is 38.6 Å².